The van der Waals surface area contributed by atoms with Crippen LogP contribution in [0.1, 0.15) is 19.8 Å². The first kappa shape index (κ1) is 17.1. The number of aryl methyl sites for hydroxylation is 1. The highest BCUT2D eigenvalue weighted by atomic mass is 32.2. The molecule has 0 amide bonds. The zero-order valence-corrected chi connectivity index (χ0v) is 15.4. The van der Waals surface area contributed by atoms with Gasteiger partial charge in [-0.15, -0.1) is 11.3 Å². The van der Waals surface area contributed by atoms with Gasteiger partial charge in [0.05, 0.1) is 10.2 Å². The third-order valence-electron chi connectivity index (χ3n) is 3.87. The molecule has 0 radical (unpaired) electrons. The summed E-state index contributed by atoms with van der Waals surface area (Å²) in [5, 5.41) is 0.653. The van der Waals surface area contributed by atoms with Gasteiger partial charge in [-0.25, -0.2) is 28.7 Å². The summed E-state index contributed by atoms with van der Waals surface area (Å²) in [5.41, 5.74) is 7.53. The van der Waals surface area contributed by atoms with Gasteiger partial charge < -0.3 is 10.3 Å². The molecule has 3 aromatic heterocycles. The normalized spacial score (nSPS) is 11.7. The van der Waals surface area contributed by atoms with Crippen molar-refractivity contribution in [1.82, 2.24) is 24.5 Å². The van der Waals surface area contributed by atoms with Crippen LogP contribution in [0.3, 0.4) is 0 Å². The van der Waals surface area contributed by atoms with Gasteiger partial charge in [0.15, 0.2) is 38.1 Å². The van der Waals surface area contributed by atoms with Crippen LogP contribution in [-0.4, -0.2) is 24.5 Å². The molecule has 0 aliphatic heterocycles. The second-order valence-electron chi connectivity index (χ2n) is 5.62. The van der Waals surface area contributed by atoms with Crippen molar-refractivity contribution < 1.29 is 8.78 Å². The molecule has 0 fully saturated rings. The molecule has 0 bridgehead atoms. The van der Waals surface area contributed by atoms with Crippen LogP contribution in [0, 0.1) is 11.6 Å². The van der Waals surface area contributed by atoms with Gasteiger partial charge in [-0.2, -0.15) is 0 Å². The Morgan fingerprint density at radius 1 is 1.23 bits per heavy atom. The number of hydrogen-bond donors (Lipinski definition) is 1. The van der Waals surface area contributed by atoms with Crippen molar-refractivity contribution in [2.75, 3.05) is 5.73 Å². The number of fused-ring (bicyclic) bond motifs is 2. The molecule has 0 spiro atoms. The summed E-state index contributed by atoms with van der Waals surface area (Å²) in [4.78, 5) is 17.2. The van der Waals surface area contributed by atoms with Crippen molar-refractivity contribution in [3.05, 3.63) is 30.1 Å². The first-order chi connectivity index (χ1) is 12.6. The predicted molar refractivity (Wildman–Crippen MR) is 98.3 cm³/mol. The Kier molecular flexibility index (Phi) is 4.45. The Balaban J connectivity index is 1.79. The Hall–Kier alpha value is -2.33. The molecule has 0 unspecified atom stereocenters. The van der Waals surface area contributed by atoms with E-state index in [1.165, 1.54) is 24.2 Å². The number of halogens is 2. The van der Waals surface area contributed by atoms with Crippen molar-refractivity contribution in [1.29, 1.82) is 0 Å². The number of benzene rings is 1. The quantitative estimate of drug-likeness (QED) is 0.547. The molecule has 6 nitrogen and oxygen atoms in total. The van der Waals surface area contributed by atoms with E-state index in [0.29, 0.717) is 32.0 Å². The lowest BCUT2D eigenvalue weighted by atomic mass is 10.3. The zero-order chi connectivity index (χ0) is 18.3. The number of thiazole rings is 1. The lowest BCUT2D eigenvalue weighted by molar-refractivity contribution is 0.518. The maximum Gasteiger partial charge on any atom is 0.178 e. The maximum atomic E-state index is 13.9. The summed E-state index contributed by atoms with van der Waals surface area (Å²) in [6.07, 6.45) is 3.37. The van der Waals surface area contributed by atoms with Crippen molar-refractivity contribution in [3.63, 3.8) is 0 Å². The number of nitrogens with zero attached hydrogens (tertiary/aromatic N) is 5. The molecular weight excluding hydrogens is 378 g/mol. The largest absolute Gasteiger partial charge is 0.382 e. The number of nitrogen functional groups attached to an aromatic ring is 1. The molecular formula is C16H14F2N6S2. The minimum atomic E-state index is -0.879. The van der Waals surface area contributed by atoms with E-state index in [2.05, 4.69) is 26.9 Å². The smallest absolute Gasteiger partial charge is 0.178 e. The van der Waals surface area contributed by atoms with Crippen molar-refractivity contribution in [3.8, 4) is 0 Å². The Morgan fingerprint density at radius 2 is 2.08 bits per heavy atom. The van der Waals surface area contributed by atoms with E-state index in [1.807, 2.05) is 4.57 Å². The van der Waals surface area contributed by atoms with Crippen molar-refractivity contribution >= 4 is 50.3 Å². The average molecular weight is 392 g/mol. The molecule has 0 aliphatic rings. The van der Waals surface area contributed by atoms with Gasteiger partial charge in [0.2, 0.25) is 0 Å². The van der Waals surface area contributed by atoms with E-state index in [0.717, 1.165) is 36.8 Å². The number of anilines is 1. The van der Waals surface area contributed by atoms with Gasteiger partial charge in [0, 0.05) is 6.54 Å². The highest BCUT2D eigenvalue weighted by Gasteiger charge is 2.18. The molecule has 2 N–H and O–H groups in total. The molecule has 4 rings (SSSR count). The van der Waals surface area contributed by atoms with Gasteiger partial charge in [-0.3, -0.25) is 0 Å². The fourth-order valence-corrected chi connectivity index (χ4v) is 4.66. The van der Waals surface area contributed by atoms with Crippen LogP contribution in [0.25, 0.3) is 21.4 Å². The molecule has 4 aromatic rings. The van der Waals surface area contributed by atoms with Gasteiger partial charge in [0.1, 0.15) is 6.33 Å². The summed E-state index contributed by atoms with van der Waals surface area (Å²) < 4.78 is 30.1. The van der Waals surface area contributed by atoms with Crippen LogP contribution >= 0.6 is 23.1 Å². The Labute approximate surface area is 155 Å². The van der Waals surface area contributed by atoms with Crippen LogP contribution in [-0.2, 0) is 6.54 Å². The van der Waals surface area contributed by atoms with Crippen molar-refractivity contribution in [2.45, 2.75) is 35.8 Å². The molecule has 0 saturated heterocycles. The van der Waals surface area contributed by atoms with Crippen molar-refractivity contribution in [2.24, 2.45) is 0 Å². The molecule has 26 heavy (non-hydrogen) atoms. The standard InChI is InChI=1S/C16H14F2N6S2/c1-2-3-6-24-14-11(13(19)20-7-21-14)23-15(24)26-16-22-9-5-4-8(17)10(18)12(9)25-16/h4-5,7H,2-3,6H2,1H3,(H2,19,20,21). The Morgan fingerprint density at radius 3 is 2.88 bits per heavy atom. The van der Waals surface area contributed by atoms with E-state index in [9.17, 15) is 8.78 Å². The van der Waals surface area contributed by atoms with E-state index >= 15 is 0 Å². The predicted octanol–water partition coefficient (Wildman–Crippen LogP) is 4.25. The molecule has 0 atom stereocenters. The lowest BCUT2D eigenvalue weighted by Gasteiger charge is -2.05. The second-order valence-corrected chi connectivity index (χ2v) is 7.84. The Bertz CT molecular complexity index is 1110. The monoisotopic (exact) mass is 392 g/mol. The minimum absolute atomic E-state index is 0.197. The number of rotatable bonds is 5. The zero-order valence-electron chi connectivity index (χ0n) is 13.7. The van der Waals surface area contributed by atoms with Gasteiger partial charge >= 0.3 is 0 Å². The number of aromatic nitrogens is 5. The summed E-state index contributed by atoms with van der Waals surface area (Å²) in [7, 11) is 0. The van der Waals surface area contributed by atoms with Crippen LogP contribution < -0.4 is 5.73 Å². The highest BCUT2D eigenvalue weighted by molar-refractivity contribution is 8.01. The van der Waals surface area contributed by atoms with E-state index in [-0.39, 0.29) is 4.70 Å². The molecule has 0 aliphatic carbocycles. The van der Waals surface area contributed by atoms with Gasteiger partial charge in [0.25, 0.3) is 0 Å². The maximum absolute atomic E-state index is 13.9. The summed E-state index contributed by atoms with van der Waals surface area (Å²) in [6.45, 7) is 2.82. The summed E-state index contributed by atoms with van der Waals surface area (Å²) in [5.74, 6) is -1.44. The molecule has 1 aromatic carbocycles. The number of nitrogens with two attached hydrogens (primary N) is 1. The van der Waals surface area contributed by atoms with Gasteiger partial charge in [-0.1, -0.05) is 13.3 Å². The molecule has 134 valence electrons. The molecule has 10 heteroatoms. The van der Waals surface area contributed by atoms with Crippen LogP contribution in [0.15, 0.2) is 28.0 Å². The fourth-order valence-electron chi connectivity index (χ4n) is 2.57. The van der Waals surface area contributed by atoms with Crippen LogP contribution in [0.2, 0.25) is 0 Å². The van der Waals surface area contributed by atoms with Crippen LogP contribution in [0.5, 0.6) is 0 Å². The van der Waals surface area contributed by atoms with Gasteiger partial charge in [-0.05, 0) is 30.3 Å². The number of imidazole rings is 1. The SMILES string of the molecule is CCCCn1c(Sc2nc3ccc(F)c(F)c3s2)nc2c(N)ncnc21. The summed E-state index contributed by atoms with van der Waals surface area (Å²) in [6, 6.07) is 2.55. The number of hydrogen-bond acceptors (Lipinski definition) is 7. The third kappa shape index (κ3) is 2.88. The highest BCUT2D eigenvalue weighted by Crippen LogP contribution is 2.37. The van der Waals surface area contributed by atoms with Crippen LogP contribution in [0.4, 0.5) is 14.6 Å². The minimum Gasteiger partial charge on any atom is -0.382 e. The summed E-state index contributed by atoms with van der Waals surface area (Å²) >= 11 is 2.38. The molecule has 3 heterocycles. The first-order valence-electron chi connectivity index (χ1n) is 7.97. The second kappa shape index (κ2) is 6.76. The lowest BCUT2D eigenvalue weighted by Crippen LogP contribution is -2.01. The fraction of sp³-hybridized carbons (Fsp3) is 0.250. The third-order valence-corrected chi connectivity index (χ3v) is 5.99. The van der Waals surface area contributed by atoms with E-state index in [4.69, 9.17) is 5.73 Å². The molecule has 0 saturated carbocycles. The van der Waals surface area contributed by atoms with E-state index < -0.39 is 11.6 Å². The van der Waals surface area contributed by atoms with E-state index in [1.54, 1.807) is 0 Å². The topological polar surface area (TPSA) is 82.5 Å². The average Bonchev–Trinajstić information content (AvgIpc) is 3.19. The number of unbranched alkanes of at least 4 members (excludes halogenated alkanes) is 1. The first-order valence-corrected chi connectivity index (χ1v) is 9.61.